The quantitative estimate of drug-likeness (QED) is 0.709. The van der Waals surface area contributed by atoms with Gasteiger partial charge in [0.25, 0.3) is 0 Å². The average Bonchev–Trinajstić information content (AvgIpc) is 2.55. The minimum Gasteiger partial charge on any atom is -0.381 e. The highest BCUT2D eigenvalue weighted by atomic mass is 16.5. The van der Waals surface area contributed by atoms with E-state index in [9.17, 15) is 0 Å². The number of hydrogen-bond acceptors (Lipinski definition) is 2. The molecule has 2 unspecified atom stereocenters. The van der Waals surface area contributed by atoms with Gasteiger partial charge in [-0.2, -0.15) is 0 Å². The summed E-state index contributed by atoms with van der Waals surface area (Å²) in [4.78, 5) is 0. The number of ether oxygens (including phenoxy) is 1. The molecular weight excluding hydrogens is 186 g/mol. The first-order valence-corrected chi connectivity index (χ1v) is 6.67. The first-order valence-electron chi connectivity index (χ1n) is 6.67. The van der Waals surface area contributed by atoms with Crippen molar-refractivity contribution in [3.8, 4) is 0 Å². The first kappa shape index (κ1) is 11.4. The van der Waals surface area contributed by atoms with Gasteiger partial charge in [0.05, 0.1) is 0 Å². The Morgan fingerprint density at radius 2 is 1.67 bits per heavy atom. The number of rotatable bonds is 2. The van der Waals surface area contributed by atoms with Crippen molar-refractivity contribution >= 4 is 0 Å². The molecule has 1 N–H and O–H groups in total. The summed E-state index contributed by atoms with van der Waals surface area (Å²) in [5, 5.41) is 3.55. The molecule has 2 nitrogen and oxygen atoms in total. The third kappa shape index (κ3) is 2.94. The molecule has 2 heteroatoms. The maximum atomic E-state index is 5.47. The molecule has 0 amide bonds. The highest BCUT2D eigenvalue weighted by molar-refractivity contribution is 4.84. The van der Waals surface area contributed by atoms with Crippen LogP contribution in [0.25, 0.3) is 0 Å². The molecule has 0 spiro atoms. The fraction of sp³-hybridized carbons (Fsp3) is 1.00. The van der Waals surface area contributed by atoms with Crippen molar-refractivity contribution < 1.29 is 4.74 Å². The van der Waals surface area contributed by atoms with E-state index in [0.29, 0.717) is 0 Å². The van der Waals surface area contributed by atoms with E-state index < -0.39 is 0 Å². The minimum absolute atomic E-state index is 0.774. The van der Waals surface area contributed by atoms with Crippen LogP contribution in [0, 0.1) is 11.8 Å². The van der Waals surface area contributed by atoms with E-state index in [2.05, 4.69) is 12.4 Å². The number of nitrogens with one attached hydrogen (secondary N) is 1. The van der Waals surface area contributed by atoms with Gasteiger partial charge in [0.1, 0.15) is 0 Å². The molecule has 2 rings (SSSR count). The van der Waals surface area contributed by atoms with Gasteiger partial charge < -0.3 is 10.1 Å². The van der Waals surface area contributed by atoms with Gasteiger partial charge in [-0.25, -0.2) is 0 Å². The minimum atomic E-state index is 0.774. The Kier molecular flexibility index (Phi) is 4.45. The molecule has 1 heterocycles. The Hall–Kier alpha value is -0.0800. The second-order valence-electron chi connectivity index (χ2n) is 5.15. The van der Waals surface area contributed by atoms with Crippen LogP contribution in [0.2, 0.25) is 0 Å². The molecule has 1 saturated heterocycles. The lowest BCUT2D eigenvalue weighted by Gasteiger charge is -2.34. The topological polar surface area (TPSA) is 21.3 Å². The van der Waals surface area contributed by atoms with E-state index in [-0.39, 0.29) is 0 Å². The van der Waals surface area contributed by atoms with Crippen LogP contribution < -0.4 is 5.32 Å². The predicted molar refractivity (Wildman–Crippen MR) is 63.0 cm³/mol. The third-order valence-corrected chi connectivity index (χ3v) is 4.31. The van der Waals surface area contributed by atoms with Crippen LogP contribution in [0.15, 0.2) is 0 Å². The first-order chi connectivity index (χ1) is 7.42. The fourth-order valence-corrected chi connectivity index (χ4v) is 3.40. The van der Waals surface area contributed by atoms with Crippen LogP contribution in [-0.4, -0.2) is 26.3 Å². The molecule has 0 bridgehead atoms. The van der Waals surface area contributed by atoms with Crippen LogP contribution in [-0.2, 0) is 4.74 Å². The Morgan fingerprint density at radius 1 is 0.933 bits per heavy atom. The molecule has 0 aromatic heterocycles. The van der Waals surface area contributed by atoms with E-state index in [1.165, 1.54) is 44.9 Å². The van der Waals surface area contributed by atoms with Crippen LogP contribution in [0.5, 0.6) is 0 Å². The summed E-state index contributed by atoms with van der Waals surface area (Å²) in [6.45, 7) is 2.00. The van der Waals surface area contributed by atoms with E-state index >= 15 is 0 Å². The summed E-state index contributed by atoms with van der Waals surface area (Å²) in [6, 6.07) is 0.774. The molecule has 15 heavy (non-hydrogen) atoms. The van der Waals surface area contributed by atoms with Gasteiger partial charge in [0.2, 0.25) is 0 Å². The Balaban J connectivity index is 1.95. The van der Waals surface area contributed by atoms with Gasteiger partial charge in [-0.3, -0.25) is 0 Å². The molecule has 0 aromatic carbocycles. The zero-order valence-corrected chi connectivity index (χ0v) is 10.0. The average molecular weight is 211 g/mol. The van der Waals surface area contributed by atoms with Gasteiger partial charge in [-0.1, -0.05) is 19.3 Å². The summed E-state index contributed by atoms with van der Waals surface area (Å²) < 4.78 is 5.47. The molecule has 2 atom stereocenters. The summed E-state index contributed by atoms with van der Waals surface area (Å²) in [5.74, 6) is 1.84. The zero-order chi connectivity index (χ0) is 10.5. The van der Waals surface area contributed by atoms with Crippen molar-refractivity contribution in [1.29, 1.82) is 0 Å². The monoisotopic (exact) mass is 211 g/mol. The summed E-state index contributed by atoms with van der Waals surface area (Å²) in [5.41, 5.74) is 0. The molecular formula is C13H25NO. The van der Waals surface area contributed by atoms with Crippen molar-refractivity contribution in [3.63, 3.8) is 0 Å². The van der Waals surface area contributed by atoms with Crippen molar-refractivity contribution in [1.82, 2.24) is 5.32 Å². The van der Waals surface area contributed by atoms with Crippen LogP contribution >= 0.6 is 0 Å². The highest BCUT2D eigenvalue weighted by Crippen LogP contribution is 2.34. The molecule has 0 radical (unpaired) electrons. The lowest BCUT2D eigenvalue weighted by molar-refractivity contribution is 0.0377. The van der Waals surface area contributed by atoms with Crippen molar-refractivity contribution in [3.05, 3.63) is 0 Å². The SMILES string of the molecule is CNC1CCCCCC1C1CCOCC1. The highest BCUT2D eigenvalue weighted by Gasteiger charge is 2.30. The van der Waals surface area contributed by atoms with Gasteiger partial charge in [0, 0.05) is 19.3 Å². The summed E-state index contributed by atoms with van der Waals surface area (Å²) in [6.07, 6.45) is 9.73. The van der Waals surface area contributed by atoms with Crippen LogP contribution in [0.3, 0.4) is 0 Å². The van der Waals surface area contributed by atoms with E-state index in [1.54, 1.807) is 0 Å². The van der Waals surface area contributed by atoms with Crippen molar-refractivity contribution in [2.45, 2.75) is 51.0 Å². The van der Waals surface area contributed by atoms with E-state index in [4.69, 9.17) is 4.74 Å². The van der Waals surface area contributed by atoms with E-state index in [1.807, 2.05) is 0 Å². The van der Waals surface area contributed by atoms with E-state index in [0.717, 1.165) is 31.1 Å². The maximum absolute atomic E-state index is 5.47. The molecule has 1 saturated carbocycles. The predicted octanol–water partition coefficient (Wildman–Crippen LogP) is 2.58. The van der Waals surface area contributed by atoms with Crippen molar-refractivity contribution in [2.24, 2.45) is 11.8 Å². The van der Waals surface area contributed by atoms with Gasteiger partial charge in [0.15, 0.2) is 0 Å². The summed E-state index contributed by atoms with van der Waals surface area (Å²) in [7, 11) is 2.14. The van der Waals surface area contributed by atoms with Gasteiger partial charge in [-0.15, -0.1) is 0 Å². The second-order valence-corrected chi connectivity index (χ2v) is 5.15. The Bertz CT molecular complexity index is 177. The largest absolute Gasteiger partial charge is 0.381 e. The molecule has 1 aliphatic carbocycles. The standard InChI is InChI=1S/C13H25NO/c1-14-13-6-4-2-3-5-12(13)11-7-9-15-10-8-11/h11-14H,2-10H2,1H3. The molecule has 0 aromatic rings. The van der Waals surface area contributed by atoms with Crippen molar-refractivity contribution in [2.75, 3.05) is 20.3 Å². The second kappa shape index (κ2) is 5.86. The third-order valence-electron chi connectivity index (χ3n) is 4.31. The molecule has 2 fully saturated rings. The smallest absolute Gasteiger partial charge is 0.0468 e. The van der Waals surface area contributed by atoms with Gasteiger partial charge >= 0.3 is 0 Å². The Morgan fingerprint density at radius 3 is 2.40 bits per heavy atom. The number of hydrogen-bond donors (Lipinski definition) is 1. The lowest BCUT2D eigenvalue weighted by atomic mass is 9.78. The maximum Gasteiger partial charge on any atom is 0.0468 e. The van der Waals surface area contributed by atoms with Crippen LogP contribution in [0.1, 0.15) is 44.9 Å². The molecule has 2 aliphatic rings. The van der Waals surface area contributed by atoms with Crippen LogP contribution in [0.4, 0.5) is 0 Å². The fourth-order valence-electron chi connectivity index (χ4n) is 3.40. The lowest BCUT2D eigenvalue weighted by Crippen LogP contribution is -2.38. The summed E-state index contributed by atoms with van der Waals surface area (Å²) >= 11 is 0. The normalized spacial score (nSPS) is 35.0. The Labute approximate surface area is 93.8 Å². The van der Waals surface area contributed by atoms with Gasteiger partial charge in [-0.05, 0) is 44.6 Å². The molecule has 88 valence electrons. The molecule has 1 aliphatic heterocycles. The zero-order valence-electron chi connectivity index (χ0n) is 10.0.